The zero-order valence-corrected chi connectivity index (χ0v) is 20.3. The van der Waals surface area contributed by atoms with Crippen molar-refractivity contribution >= 4 is 17.4 Å². The molecule has 1 N–H and O–H groups in total. The van der Waals surface area contributed by atoms with Gasteiger partial charge >= 0.3 is 0 Å². The summed E-state index contributed by atoms with van der Waals surface area (Å²) in [5.41, 5.74) is 3.56. The molecule has 180 valence electrons. The van der Waals surface area contributed by atoms with Gasteiger partial charge in [-0.3, -0.25) is 4.79 Å². The van der Waals surface area contributed by atoms with E-state index in [9.17, 15) is 4.79 Å². The van der Waals surface area contributed by atoms with E-state index in [0.29, 0.717) is 35.8 Å². The summed E-state index contributed by atoms with van der Waals surface area (Å²) in [5.74, 6) is 2.70. The molecule has 1 aliphatic rings. The van der Waals surface area contributed by atoms with Crippen molar-refractivity contribution in [3.63, 3.8) is 0 Å². The Hall–Kier alpha value is -3.62. The van der Waals surface area contributed by atoms with E-state index in [4.69, 9.17) is 9.47 Å². The van der Waals surface area contributed by atoms with Crippen molar-refractivity contribution in [3.05, 3.63) is 47.3 Å². The predicted octanol–water partition coefficient (Wildman–Crippen LogP) is 3.86. The number of aryl methyl sites for hydroxylation is 1. The molecule has 1 fully saturated rings. The van der Waals surface area contributed by atoms with Crippen molar-refractivity contribution in [2.45, 2.75) is 46.0 Å². The van der Waals surface area contributed by atoms with Gasteiger partial charge in [0.05, 0.1) is 19.9 Å². The molecule has 3 heterocycles. The highest BCUT2D eigenvalue weighted by atomic mass is 16.5. The Morgan fingerprint density at radius 1 is 0.971 bits per heavy atom. The maximum absolute atomic E-state index is 12.6. The van der Waals surface area contributed by atoms with Crippen molar-refractivity contribution in [1.82, 2.24) is 20.0 Å². The van der Waals surface area contributed by atoms with Crippen molar-refractivity contribution in [2.75, 3.05) is 37.5 Å². The first-order chi connectivity index (χ1) is 16.5. The fourth-order valence-corrected chi connectivity index (χ4v) is 4.36. The Kier molecular flexibility index (Phi) is 7.30. The number of nitrogens with one attached hydrogen (secondary N) is 1. The summed E-state index contributed by atoms with van der Waals surface area (Å²) in [7, 11) is 3.15. The van der Waals surface area contributed by atoms with Crippen LogP contribution in [0.5, 0.6) is 11.5 Å². The summed E-state index contributed by atoms with van der Waals surface area (Å²) in [5, 5.41) is 16.5. The smallest absolute Gasteiger partial charge is 0.224 e. The molecule has 1 aliphatic heterocycles. The number of ether oxygens (including phenoxy) is 2. The van der Waals surface area contributed by atoms with Crippen LogP contribution in [0.4, 0.5) is 11.5 Å². The molecule has 1 saturated heterocycles. The number of hydrogen-bond acceptors (Lipinski definition) is 7. The van der Waals surface area contributed by atoms with Crippen molar-refractivity contribution in [3.8, 4) is 17.3 Å². The molecule has 0 spiro atoms. The number of anilines is 2. The van der Waals surface area contributed by atoms with E-state index in [0.717, 1.165) is 35.9 Å². The minimum atomic E-state index is -0.0792. The number of piperidine rings is 1. The van der Waals surface area contributed by atoms with Crippen molar-refractivity contribution in [2.24, 2.45) is 0 Å². The number of benzene rings is 1. The molecule has 0 saturated carbocycles. The number of aromatic nitrogens is 4. The Bertz CT molecular complexity index is 1140. The number of nitrogens with zero attached hydrogens (tertiary/aromatic N) is 5. The van der Waals surface area contributed by atoms with Crippen LogP contribution in [0.1, 0.15) is 42.6 Å². The molecule has 2 aromatic heterocycles. The topological polar surface area (TPSA) is 94.4 Å². The van der Waals surface area contributed by atoms with E-state index in [-0.39, 0.29) is 5.91 Å². The summed E-state index contributed by atoms with van der Waals surface area (Å²) >= 11 is 0. The Morgan fingerprint density at radius 2 is 1.68 bits per heavy atom. The number of rotatable bonds is 8. The summed E-state index contributed by atoms with van der Waals surface area (Å²) in [4.78, 5) is 14.9. The molecule has 9 heteroatoms. The number of carbonyl (C=O) groups excluding carboxylic acids is 1. The second-order valence-electron chi connectivity index (χ2n) is 8.48. The van der Waals surface area contributed by atoms with Gasteiger partial charge in [-0.25, -0.2) is 4.68 Å². The van der Waals surface area contributed by atoms with Gasteiger partial charge in [0.25, 0.3) is 0 Å². The first-order valence-corrected chi connectivity index (χ1v) is 11.7. The van der Waals surface area contributed by atoms with Gasteiger partial charge in [-0.2, -0.15) is 5.10 Å². The highest BCUT2D eigenvalue weighted by Crippen LogP contribution is 2.30. The van der Waals surface area contributed by atoms with E-state index in [1.807, 2.05) is 30.7 Å². The molecule has 0 unspecified atom stereocenters. The van der Waals surface area contributed by atoms with Gasteiger partial charge in [-0.1, -0.05) is 0 Å². The number of hydrogen-bond donors (Lipinski definition) is 1. The lowest BCUT2D eigenvalue weighted by Crippen LogP contribution is -2.30. The Morgan fingerprint density at radius 3 is 2.35 bits per heavy atom. The lowest BCUT2D eigenvalue weighted by molar-refractivity contribution is -0.116. The minimum absolute atomic E-state index is 0.0792. The molecule has 34 heavy (non-hydrogen) atoms. The van der Waals surface area contributed by atoms with Crippen LogP contribution >= 0.6 is 0 Å². The molecule has 3 aromatic rings. The fraction of sp³-hybridized carbons (Fsp3) is 0.440. The van der Waals surface area contributed by atoms with Gasteiger partial charge in [0.1, 0.15) is 0 Å². The molecule has 4 rings (SSSR count). The van der Waals surface area contributed by atoms with Crippen LogP contribution in [0, 0.1) is 13.8 Å². The lowest BCUT2D eigenvalue weighted by Gasteiger charge is -2.27. The van der Waals surface area contributed by atoms with Crippen LogP contribution in [-0.4, -0.2) is 53.2 Å². The normalized spacial score (nSPS) is 13.6. The number of methoxy groups -OCH3 is 2. The molecule has 1 amide bonds. The van der Waals surface area contributed by atoms with Gasteiger partial charge in [0.15, 0.2) is 23.1 Å². The van der Waals surface area contributed by atoms with Gasteiger partial charge in [-0.15, -0.1) is 10.2 Å². The molecule has 0 aliphatic carbocycles. The average Bonchev–Trinajstić information content (AvgIpc) is 3.16. The Labute approximate surface area is 200 Å². The highest BCUT2D eigenvalue weighted by Gasteiger charge is 2.17. The van der Waals surface area contributed by atoms with Gasteiger partial charge < -0.3 is 19.7 Å². The van der Waals surface area contributed by atoms with Gasteiger partial charge in [0.2, 0.25) is 5.91 Å². The molecule has 0 atom stereocenters. The van der Waals surface area contributed by atoms with Crippen LogP contribution in [0.15, 0.2) is 30.3 Å². The van der Waals surface area contributed by atoms with E-state index in [2.05, 4.69) is 25.5 Å². The van der Waals surface area contributed by atoms with Crippen LogP contribution in [-0.2, 0) is 11.2 Å². The SMILES string of the molecule is COc1ccc(NC(=O)CCc2c(C)nn(-c3ccc(N4CCCCC4)nn3)c2C)cc1OC. The third kappa shape index (κ3) is 5.13. The van der Waals surface area contributed by atoms with E-state index < -0.39 is 0 Å². The predicted molar refractivity (Wildman–Crippen MR) is 131 cm³/mol. The molecule has 9 nitrogen and oxygen atoms in total. The molecule has 0 bridgehead atoms. The van der Waals surface area contributed by atoms with Crippen LogP contribution in [0.25, 0.3) is 5.82 Å². The maximum Gasteiger partial charge on any atom is 0.224 e. The van der Waals surface area contributed by atoms with Crippen molar-refractivity contribution in [1.29, 1.82) is 0 Å². The van der Waals surface area contributed by atoms with E-state index >= 15 is 0 Å². The number of amides is 1. The quantitative estimate of drug-likeness (QED) is 0.541. The monoisotopic (exact) mass is 464 g/mol. The van der Waals surface area contributed by atoms with Crippen LogP contribution in [0.2, 0.25) is 0 Å². The van der Waals surface area contributed by atoms with Crippen LogP contribution < -0.4 is 19.7 Å². The first kappa shape index (κ1) is 23.5. The second kappa shape index (κ2) is 10.5. The highest BCUT2D eigenvalue weighted by molar-refractivity contribution is 5.91. The maximum atomic E-state index is 12.6. The molecule has 0 radical (unpaired) electrons. The Balaban J connectivity index is 1.41. The minimum Gasteiger partial charge on any atom is -0.493 e. The third-order valence-electron chi connectivity index (χ3n) is 6.24. The van der Waals surface area contributed by atoms with Crippen LogP contribution in [0.3, 0.4) is 0 Å². The lowest BCUT2D eigenvalue weighted by atomic mass is 10.1. The van der Waals surface area contributed by atoms with Gasteiger partial charge in [-0.05, 0) is 69.4 Å². The van der Waals surface area contributed by atoms with Gasteiger partial charge in [0, 0.05) is 37.0 Å². The molecule has 1 aromatic carbocycles. The van der Waals surface area contributed by atoms with E-state index in [1.165, 1.54) is 19.3 Å². The number of carbonyl (C=O) groups is 1. The zero-order chi connectivity index (χ0) is 24.1. The second-order valence-corrected chi connectivity index (χ2v) is 8.48. The fourth-order valence-electron chi connectivity index (χ4n) is 4.36. The first-order valence-electron chi connectivity index (χ1n) is 11.7. The van der Waals surface area contributed by atoms with E-state index in [1.54, 1.807) is 32.4 Å². The van der Waals surface area contributed by atoms with Crippen molar-refractivity contribution < 1.29 is 14.3 Å². The third-order valence-corrected chi connectivity index (χ3v) is 6.24. The molecular weight excluding hydrogens is 432 g/mol. The largest absolute Gasteiger partial charge is 0.493 e. The summed E-state index contributed by atoms with van der Waals surface area (Å²) in [6, 6.07) is 9.28. The summed E-state index contributed by atoms with van der Waals surface area (Å²) in [6.45, 7) is 6.02. The average molecular weight is 465 g/mol. The molecular formula is C25H32N6O3. The summed E-state index contributed by atoms with van der Waals surface area (Å²) in [6.07, 6.45) is 4.59. The summed E-state index contributed by atoms with van der Waals surface area (Å²) < 4.78 is 12.4. The standard InChI is InChI=1S/C25H32N6O3/c1-17-20(9-13-25(32)26-19-8-10-21(33-3)22(16-19)34-4)18(2)31(29-17)24-12-11-23(27-28-24)30-14-6-5-7-15-30/h8,10-12,16H,5-7,9,13-15H2,1-4H3,(H,26,32). The zero-order valence-electron chi connectivity index (χ0n) is 20.3.